The molecule has 1 heterocycles. The Morgan fingerprint density at radius 3 is 1.81 bits per heavy atom. The zero-order chi connectivity index (χ0) is 27.7. The topological polar surface area (TPSA) is 118 Å². The van der Waals surface area contributed by atoms with Gasteiger partial charge in [0, 0.05) is 0 Å². The Bertz CT molecular complexity index is 669. The summed E-state index contributed by atoms with van der Waals surface area (Å²) in [6, 6.07) is 0. The quantitative estimate of drug-likeness (QED) is 0.118. The first-order valence-corrected chi connectivity index (χ1v) is 14.1. The molecule has 0 bridgehead atoms. The molecule has 0 spiro atoms. The molecule has 0 aromatic carbocycles. The Balaban J connectivity index is 2.12. The van der Waals surface area contributed by atoms with Crippen LogP contribution in [0.4, 0.5) is 9.59 Å². The summed E-state index contributed by atoms with van der Waals surface area (Å²) in [5.41, 5.74) is -2.92. The Morgan fingerprint density at radius 2 is 1.32 bits per heavy atom. The van der Waals surface area contributed by atoms with Crippen molar-refractivity contribution in [3.05, 3.63) is 0 Å². The summed E-state index contributed by atoms with van der Waals surface area (Å²) < 4.78 is 25.3. The molecule has 3 atom stereocenters. The molecule has 1 N–H and O–H groups in total. The van der Waals surface area contributed by atoms with Gasteiger partial charge in [0.1, 0.15) is 12.2 Å². The first kappa shape index (κ1) is 33.0. The van der Waals surface area contributed by atoms with Crippen LogP contribution in [0.3, 0.4) is 0 Å². The van der Waals surface area contributed by atoms with Crippen LogP contribution in [0.1, 0.15) is 125 Å². The number of aliphatic hydroxyl groups is 1. The summed E-state index contributed by atoms with van der Waals surface area (Å²) in [7, 11) is 0. The van der Waals surface area contributed by atoms with Crippen molar-refractivity contribution in [1.82, 2.24) is 0 Å². The van der Waals surface area contributed by atoms with E-state index in [0.717, 1.165) is 26.2 Å². The third-order valence-electron chi connectivity index (χ3n) is 6.26. The summed E-state index contributed by atoms with van der Waals surface area (Å²) in [5, 5.41) is 10.4. The minimum Gasteiger partial charge on any atom is -0.452 e. The zero-order valence-corrected chi connectivity index (χ0v) is 23.7. The molecule has 9 heteroatoms. The van der Waals surface area contributed by atoms with E-state index in [1.807, 2.05) is 0 Å². The lowest BCUT2D eigenvalue weighted by Crippen LogP contribution is -2.47. The summed E-state index contributed by atoms with van der Waals surface area (Å²) in [6.07, 6.45) is 12.8. The van der Waals surface area contributed by atoms with Crippen LogP contribution < -0.4 is 0 Å². The van der Waals surface area contributed by atoms with Gasteiger partial charge in [-0.25, -0.2) is 14.4 Å². The highest BCUT2D eigenvalue weighted by atomic mass is 16.8. The molecule has 9 nitrogen and oxygen atoms in total. The van der Waals surface area contributed by atoms with Crippen molar-refractivity contribution in [2.24, 2.45) is 0 Å². The highest BCUT2D eigenvalue weighted by Gasteiger charge is 2.57. The molecule has 0 saturated carbocycles. The van der Waals surface area contributed by atoms with E-state index in [9.17, 15) is 19.5 Å². The molecule has 1 rings (SSSR count). The van der Waals surface area contributed by atoms with Gasteiger partial charge >= 0.3 is 18.3 Å². The highest BCUT2D eigenvalue weighted by molar-refractivity contribution is 5.83. The molecule has 1 aliphatic rings. The van der Waals surface area contributed by atoms with Crippen molar-refractivity contribution in [1.29, 1.82) is 0 Å². The lowest BCUT2D eigenvalue weighted by atomic mass is 9.98. The van der Waals surface area contributed by atoms with Gasteiger partial charge < -0.3 is 28.8 Å². The molecule has 0 aliphatic carbocycles. The molecule has 216 valence electrons. The predicted molar refractivity (Wildman–Crippen MR) is 139 cm³/mol. The van der Waals surface area contributed by atoms with Crippen LogP contribution >= 0.6 is 0 Å². The molecule has 0 unspecified atom stereocenters. The van der Waals surface area contributed by atoms with Gasteiger partial charge in [0.05, 0.1) is 6.61 Å². The third kappa shape index (κ3) is 14.5. The number of carbonyl (C=O) groups excluding carboxylic acids is 3. The van der Waals surface area contributed by atoms with Crippen molar-refractivity contribution in [2.45, 2.75) is 148 Å². The van der Waals surface area contributed by atoms with Crippen LogP contribution in [0.2, 0.25) is 0 Å². The second-order valence-electron chi connectivity index (χ2n) is 11.1. The Morgan fingerprint density at radius 1 is 0.838 bits per heavy atom. The highest BCUT2D eigenvalue weighted by Crippen LogP contribution is 2.30. The number of esters is 1. The molecule has 1 fully saturated rings. The van der Waals surface area contributed by atoms with Gasteiger partial charge in [-0.1, -0.05) is 90.4 Å². The monoisotopic (exact) mass is 530 g/mol. The van der Waals surface area contributed by atoms with E-state index in [4.69, 9.17) is 23.7 Å². The van der Waals surface area contributed by atoms with E-state index < -0.39 is 48.3 Å². The van der Waals surface area contributed by atoms with Crippen LogP contribution in [-0.2, 0) is 28.5 Å². The van der Waals surface area contributed by atoms with Gasteiger partial charge in [0.15, 0.2) is 17.8 Å². The van der Waals surface area contributed by atoms with Crippen molar-refractivity contribution < 1.29 is 43.2 Å². The summed E-state index contributed by atoms with van der Waals surface area (Å²) >= 11 is 0. The standard InChI is InChI=1S/C28H50O9/c1-6-7-8-9-10-11-12-13-14-15-16-17-18-19-20-33-25(30)34-21-22-23(28(5,32)24(29)35-22)36-26(31)37-27(2,3)4/h22-23,32H,6-21H2,1-5H3/t22-,23-,28+/m1/s1. The first-order valence-electron chi connectivity index (χ1n) is 14.1. The van der Waals surface area contributed by atoms with Crippen LogP contribution in [0.25, 0.3) is 0 Å². The number of cyclic esters (lactones) is 1. The first-order chi connectivity index (χ1) is 17.5. The number of ether oxygens (including phenoxy) is 5. The van der Waals surface area contributed by atoms with E-state index in [-0.39, 0.29) is 6.61 Å². The van der Waals surface area contributed by atoms with E-state index in [2.05, 4.69) is 6.92 Å². The van der Waals surface area contributed by atoms with Gasteiger partial charge in [0.25, 0.3) is 0 Å². The van der Waals surface area contributed by atoms with Crippen molar-refractivity contribution in [3.63, 3.8) is 0 Å². The Kier molecular flexibility index (Phi) is 15.6. The van der Waals surface area contributed by atoms with Crippen LogP contribution in [0.5, 0.6) is 0 Å². The summed E-state index contributed by atoms with van der Waals surface area (Å²) in [4.78, 5) is 35.9. The molecule has 0 aromatic heterocycles. The molecule has 0 aromatic rings. The number of hydrogen-bond acceptors (Lipinski definition) is 9. The summed E-state index contributed by atoms with van der Waals surface area (Å²) in [6.45, 7) is 8.17. The molecule has 37 heavy (non-hydrogen) atoms. The fraction of sp³-hybridized carbons (Fsp3) is 0.893. The van der Waals surface area contributed by atoms with Crippen LogP contribution in [-0.4, -0.2) is 60.0 Å². The minimum absolute atomic E-state index is 0.233. The minimum atomic E-state index is -2.09. The van der Waals surface area contributed by atoms with Gasteiger partial charge in [-0.15, -0.1) is 0 Å². The van der Waals surface area contributed by atoms with Crippen molar-refractivity contribution in [3.8, 4) is 0 Å². The lowest BCUT2D eigenvalue weighted by molar-refractivity contribution is -0.155. The number of rotatable bonds is 18. The van der Waals surface area contributed by atoms with Crippen LogP contribution in [0.15, 0.2) is 0 Å². The normalized spacial score (nSPS) is 21.4. The Hall–Kier alpha value is -2.03. The lowest BCUT2D eigenvalue weighted by Gasteiger charge is -2.26. The average Bonchev–Trinajstić information content (AvgIpc) is 3.01. The number of hydrogen-bond donors (Lipinski definition) is 1. The average molecular weight is 531 g/mol. The maximum atomic E-state index is 12.0. The second-order valence-corrected chi connectivity index (χ2v) is 11.1. The van der Waals surface area contributed by atoms with Gasteiger partial charge in [0.2, 0.25) is 0 Å². The van der Waals surface area contributed by atoms with Crippen molar-refractivity contribution in [2.75, 3.05) is 13.2 Å². The molecule has 0 amide bonds. The predicted octanol–water partition coefficient (Wildman–Crippen LogP) is 6.62. The van der Waals surface area contributed by atoms with Gasteiger partial charge in [-0.3, -0.25) is 0 Å². The van der Waals surface area contributed by atoms with Gasteiger partial charge in [-0.05, 0) is 34.1 Å². The number of carbonyl (C=O) groups is 3. The molecular formula is C28H50O9. The molecule has 0 radical (unpaired) electrons. The fourth-order valence-electron chi connectivity index (χ4n) is 4.13. The van der Waals surface area contributed by atoms with Gasteiger partial charge in [-0.2, -0.15) is 0 Å². The Labute approximate surface area is 222 Å². The fourth-order valence-corrected chi connectivity index (χ4v) is 4.13. The molecule has 1 saturated heterocycles. The number of unbranched alkanes of at least 4 members (excludes halogenated alkanes) is 13. The maximum absolute atomic E-state index is 12.0. The third-order valence-corrected chi connectivity index (χ3v) is 6.26. The van der Waals surface area contributed by atoms with E-state index in [0.29, 0.717) is 0 Å². The van der Waals surface area contributed by atoms with Crippen molar-refractivity contribution >= 4 is 18.3 Å². The maximum Gasteiger partial charge on any atom is 0.509 e. The SMILES string of the molecule is CCCCCCCCCCCCCCCCOC(=O)OC[C@H]1OC(=O)[C@@](C)(O)[C@@H]1OC(=O)OC(C)(C)C. The molecule has 1 aliphatic heterocycles. The second kappa shape index (κ2) is 17.5. The largest absolute Gasteiger partial charge is 0.509 e. The van der Waals surface area contributed by atoms with E-state index >= 15 is 0 Å². The molecular weight excluding hydrogens is 480 g/mol. The smallest absolute Gasteiger partial charge is 0.452 e. The van der Waals surface area contributed by atoms with Crippen LogP contribution in [0, 0.1) is 0 Å². The van der Waals surface area contributed by atoms with E-state index in [1.54, 1.807) is 20.8 Å². The summed E-state index contributed by atoms with van der Waals surface area (Å²) in [5.74, 6) is -0.981. The zero-order valence-electron chi connectivity index (χ0n) is 23.7. The van der Waals surface area contributed by atoms with E-state index in [1.165, 1.54) is 70.6 Å².